The molecule has 0 bridgehead atoms. The topological polar surface area (TPSA) is 206 Å². The summed E-state index contributed by atoms with van der Waals surface area (Å²) < 4.78 is 5.19. The highest BCUT2D eigenvalue weighted by atomic mass is 16.5. The lowest BCUT2D eigenvalue weighted by Crippen LogP contribution is -2.52. The Hall–Kier alpha value is -4.75. The summed E-state index contributed by atoms with van der Waals surface area (Å²) in [5, 5.41) is 10.2. The predicted molar refractivity (Wildman–Crippen MR) is 147 cm³/mol. The van der Waals surface area contributed by atoms with Crippen LogP contribution in [-0.2, 0) is 40.1 Å². The second-order valence-electron chi connectivity index (χ2n) is 9.64. The fourth-order valence-electron chi connectivity index (χ4n) is 3.56. The highest BCUT2D eigenvalue weighted by Gasteiger charge is 2.26. The van der Waals surface area contributed by atoms with Crippen LogP contribution in [0.2, 0.25) is 0 Å². The first kappa shape index (κ1) is 32.5. The van der Waals surface area contributed by atoms with Crippen molar-refractivity contribution in [1.29, 1.82) is 0 Å². The lowest BCUT2D eigenvalue weighted by atomic mass is 10.1. The Morgan fingerprint density at radius 2 is 1.56 bits per heavy atom. The first-order valence-corrected chi connectivity index (χ1v) is 13.1. The maximum Gasteiger partial charge on any atom is 0.312 e. The molecule has 0 saturated heterocycles. The lowest BCUT2D eigenvalue weighted by Gasteiger charge is -2.22. The standard InChI is InChI=1S/C27H36N6O8/c1-16(2)26(39)41-15-18-6-8-19(9-7-18)31-25(38)20(5-4-13-29-27(28)40)32-24(37)17(3)30-21(34)12-14-33-22(35)10-11-23(33)36/h6-11,16-17,20H,4-5,12-15H2,1-3H3,(H,30,34)(H,31,38)(H,32,37)(H3,28,29,40)/t17-,20-/m0/s1. The molecule has 2 atom stereocenters. The third kappa shape index (κ3) is 11.1. The molecule has 2 rings (SSSR count). The molecule has 7 amide bonds. The van der Waals surface area contributed by atoms with Gasteiger partial charge in [-0.15, -0.1) is 0 Å². The molecule has 0 saturated carbocycles. The minimum Gasteiger partial charge on any atom is -0.461 e. The molecule has 0 fully saturated rings. The van der Waals surface area contributed by atoms with E-state index in [4.69, 9.17) is 10.5 Å². The molecule has 14 nitrogen and oxygen atoms in total. The quantitative estimate of drug-likeness (QED) is 0.110. The van der Waals surface area contributed by atoms with Crippen molar-refractivity contribution in [2.75, 3.05) is 18.4 Å². The maximum atomic E-state index is 13.0. The van der Waals surface area contributed by atoms with E-state index in [1.165, 1.54) is 6.92 Å². The molecule has 0 unspecified atom stereocenters. The molecule has 41 heavy (non-hydrogen) atoms. The molecule has 1 aliphatic rings. The first-order valence-electron chi connectivity index (χ1n) is 13.1. The number of nitrogens with one attached hydrogen (secondary N) is 4. The van der Waals surface area contributed by atoms with E-state index in [0.29, 0.717) is 12.1 Å². The molecule has 0 aliphatic carbocycles. The number of nitrogens with two attached hydrogens (primary N) is 1. The van der Waals surface area contributed by atoms with Crippen molar-refractivity contribution in [3.05, 3.63) is 42.0 Å². The first-order chi connectivity index (χ1) is 19.4. The predicted octanol–water partition coefficient (Wildman–Crippen LogP) is 0.0774. The number of amides is 7. The molecule has 1 aromatic carbocycles. The second-order valence-corrected chi connectivity index (χ2v) is 9.64. The van der Waals surface area contributed by atoms with Crippen molar-refractivity contribution >= 4 is 47.2 Å². The number of benzene rings is 1. The minimum atomic E-state index is -1.03. The highest BCUT2D eigenvalue weighted by Crippen LogP contribution is 2.13. The number of carbonyl (C=O) groups is 7. The van der Waals surface area contributed by atoms with Crippen molar-refractivity contribution in [1.82, 2.24) is 20.9 Å². The average Bonchev–Trinajstić information content (AvgIpc) is 3.24. The van der Waals surface area contributed by atoms with Gasteiger partial charge in [-0.05, 0) is 37.5 Å². The van der Waals surface area contributed by atoms with Crippen LogP contribution in [0, 0.1) is 5.92 Å². The second kappa shape index (κ2) is 15.7. The van der Waals surface area contributed by atoms with E-state index < -0.39 is 47.7 Å². The number of hydrogen-bond acceptors (Lipinski definition) is 8. The molecule has 14 heteroatoms. The van der Waals surface area contributed by atoms with Crippen LogP contribution in [0.25, 0.3) is 0 Å². The number of urea groups is 1. The van der Waals surface area contributed by atoms with Gasteiger partial charge in [0.1, 0.15) is 18.7 Å². The van der Waals surface area contributed by atoms with Crippen molar-refractivity contribution in [3.8, 4) is 0 Å². The summed E-state index contributed by atoms with van der Waals surface area (Å²) in [6, 6.07) is 3.84. The van der Waals surface area contributed by atoms with Gasteiger partial charge in [0.15, 0.2) is 0 Å². The van der Waals surface area contributed by atoms with Crippen LogP contribution >= 0.6 is 0 Å². The number of esters is 1. The molecule has 1 aliphatic heterocycles. The number of nitrogens with zero attached hydrogens (tertiary/aromatic N) is 1. The van der Waals surface area contributed by atoms with Gasteiger partial charge < -0.3 is 31.7 Å². The number of rotatable bonds is 15. The average molecular weight is 573 g/mol. The molecule has 0 radical (unpaired) electrons. The summed E-state index contributed by atoms with van der Waals surface area (Å²) >= 11 is 0. The van der Waals surface area contributed by atoms with Gasteiger partial charge in [-0.3, -0.25) is 33.7 Å². The SMILES string of the molecule is CC(C)C(=O)OCc1ccc(NC(=O)[C@H](CCCNC(N)=O)NC(=O)[C@H](C)NC(=O)CCN2C(=O)C=CC2=O)cc1. The van der Waals surface area contributed by atoms with Gasteiger partial charge in [-0.2, -0.15) is 0 Å². The normalized spacial score (nSPS) is 13.9. The number of anilines is 1. The Bertz CT molecular complexity index is 1160. The van der Waals surface area contributed by atoms with Crippen LogP contribution in [0.1, 0.15) is 45.6 Å². The number of hydrogen-bond donors (Lipinski definition) is 5. The fraction of sp³-hybridized carbons (Fsp3) is 0.444. The van der Waals surface area contributed by atoms with Crippen molar-refractivity contribution in [2.24, 2.45) is 11.7 Å². The van der Waals surface area contributed by atoms with Crippen LogP contribution in [0.4, 0.5) is 10.5 Å². The largest absolute Gasteiger partial charge is 0.461 e. The summed E-state index contributed by atoms with van der Waals surface area (Å²) in [5.41, 5.74) is 6.23. The van der Waals surface area contributed by atoms with Crippen LogP contribution in [0.3, 0.4) is 0 Å². The monoisotopic (exact) mass is 572 g/mol. The van der Waals surface area contributed by atoms with Crippen molar-refractivity contribution in [3.63, 3.8) is 0 Å². The zero-order chi connectivity index (χ0) is 30.5. The number of carbonyl (C=O) groups excluding carboxylic acids is 7. The summed E-state index contributed by atoms with van der Waals surface area (Å²) in [5.74, 6) is -3.35. The van der Waals surface area contributed by atoms with Crippen molar-refractivity contribution in [2.45, 2.75) is 58.7 Å². The fourth-order valence-corrected chi connectivity index (χ4v) is 3.56. The van der Waals surface area contributed by atoms with Gasteiger partial charge in [0.2, 0.25) is 17.7 Å². The smallest absolute Gasteiger partial charge is 0.312 e. The number of imide groups is 1. The van der Waals surface area contributed by atoms with Gasteiger partial charge in [0, 0.05) is 37.3 Å². The van der Waals surface area contributed by atoms with E-state index in [2.05, 4.69) is 21.3 Å². The van der Waals surface area contributed by atoms with E-state index in [-0.39, 0.29) is 44.4 Å². The van der Waals surface area contributed by atoms with Crippen molar-refractivity contribution < 1.29 is 38.3 Å². The molecule has 0 aromatic heterocycles. The Balaban J connectivity index is 1.94. The zero-order valence-electron chi connectivity index (χ0n) is 23.2. The summed E-state index contributed by atoms with van der Waals surface area (Å²) in [6.07, 6.45) is 2.48. The van der Waals surface area contributed by atoms with E-state index in [0.717, 1.165) is 22.6 Å². The van der Waals surface area contributed by atoms with E-state index in [9.17, 15) is 33.6 Å². The van der Waals surface area contributed by atoms with E-state index >= 15 is 0 Å². The van der Waals surface area contributed by atoms with Gasteiger partial charge in [0.25, 0.3) is 11.8 Å². The molecule has 6 N–H and O–H groups in total. The Morgan fingerprint density at radius 3 is 2.15 bits per heavy atom. The molecule has 0 spiro atoms. The summed E-state index contributed by atoms with van der Waals surface area (Å²) in [6.45, 7) is 5.01. The summed E-state index contributed by atoms with van der Waals surface area (Å²) in [7, 11) is 0. The van der Waals surface area contributed by atoms with Crippen LogP contribution in [0.5, 0.6) is 0 Å². The number of primary amides is 1. The van der Waals surface area contributed by atoms with Crippen LogP contribution in [0.15, 0.2) is 36.4 Å². The van der Waals surface area contributed by atoms with Crippen LogP contribution in [-0.4, -0.2) is 71.6 Å². The maximum absolute atomic E-state index is 13.0. The number of ether oxygens (including phenoxy) is 1. The Labute approximate surface area is 237 Å². The zero-order valence-corrected chi connectivity index (χ0v) is 23.2. The van der Waals surface area contributed by atoms with Gasteiger partial charge >= 0.3 is 12.0 Å². The van der Waals surface area contributed by atoms with Gasteiger partial charge in [0.05, 0.1) is 5.92 Å². The van der Waals surface area contributed by atoms with E-state index in [1.807, 2.05) is 0 Å². The molecule has 222 valence electrons. The molecular weight excluding hydrogens is 536 g/mol. The Kier molecular flexibility index (Phi) is 12.5. The highest BCUT2D eigenvalue weighted by molar-refractivity contribution is 6.13. The Morgan fingerprint density at radius 1 is 0.927 bits per heavy atom. The minimum absolute atomic E-state index is 0.0852. The third-order valence-electron chi connectivity index (χ3n) is 5.91. The van der Waals surface area contributed by atoms with Gasteiger partial charge in [-0.1, -0.05) is 26.0 Å². The van der Waals surface area contributed by atoms with E-state index in [1.54, 1.807) is 38.1 Å². The lowest BCUT2D eigenvalue weighted by molar-refractivity contribution is -0.148. The molecule has 1 heterocycles. The third-order valence-corrected chi connectivity index (χ3v) is 5.91. The molecule has 1 aromatic rings. The van der Waals surface area contributed by atoms with Gasteiger partial charge in [-0.25, -0.2) is 4.79 Å². The molecular formula is C27H36N6O8. The summed E-state index contributed by atoms with van der Waals surface area (Å²) in [4.78, 5) is 84.9. The van der Waals surface area contributed by atoms with Crippen LogP contribution < -0.4 is 27.0 Å².